The molecule has 1 saturated heterocycles. The monoisotopic (exact) mass is 596 g/mol. The Bertz CT molecular complexity index is 1330. The Kier molecular flexibility index (Phi) is 11.6. The molecule has 0 aromatic heterocycles. The molecule has 0 radical (unpaired) electrons. The van der Waals surface area contributed by atoms with E-state index in [1.165, 1.54) is 7.11 Å². The molecule has 1 fully saturated rings. The first kappa shape index (κ1) is 32.6. The molecule has 1 aliphatic heterocycles. The number of hydrogen-bond donors (Lipinski definition) is 2. The van der Waals surface area contributed by atoms with Crippen LogP contribution < -0.4 is 15.4 Å². The third kappa shape index (κ3) is 9.02. The van der Waals surface area contributed by atoms with E-state index < -0.39 is 73.6 Å². The van der Waals surface area contributed by atoms with Crippen molar-refractivity contribution in [1.82, 2.24) is 20.4 Å². The number of piperazine rings is 1. The van der Waals surface area contributed by atoms with Crippen molar-refractivity contribution < 1.29 is 43.0 Å². The molecule has 2 atom stereocenters. The normalized spacial score (nSPS) is 16.4. The van der Waals surface area contributed by atoms with Gasteiger partial charge < -0.3 is 34.6 Å². The van der Waals surface area contributed by atoms with Crippen molar-refractivity contribution in [2.24, 2.45) is 0 Å². The van der Waals surface area contributed by atoms with Gasteiger partial charge in [-0.2, -0.15) is 0 Å². The van der Waals surface area contributed by atoms with Gasteiger partial charge in [0.1, 0.15) is 30.9 Å². The fourth-order valence-electron chi connectivity index (χ4n) is 4.48. The molecule has 3 rings (SSSR count). The van der Waals surface area contributed by atoms with Crippen molar-refractivity contribution in [3.05, 3.63) is 65.2 Å². The van der Waals surface area contributed by atoms with Crippen LogP contribution in [0.1, 0.15) is 29.5 Å². The number of hydrogen-bond acceptors (Lipinski definition) is 9. The highest BCUT2D eigenvalue weighted by Crippen LogP contribution is 2.23. The van der Waals surface area contributed by atoms with Crippen LogP contribution in [0.25, 0.3) is 0 Å². The van der Waals surface area contributed by atoms with Gasteiger partial charge in [0.05, 0.1) is 34.2 Å². The number of amides is 4. The first-order chi connectivity index (χ1) is 20.6. The second-order valence-electron chi connectivity index (χ2n) is 9.91. The average molecular weight is 597 g/mol. The molecule has 1 aliphatic rings. The van der Waals surface area contributed by atoms with Crippen LogP contribution in [0, 0.1) is 6.92 Å². The first-order valence-corrected chi connectivity index (χ1v) is 13.5. The number of nitrogens with one attached hydrogen (secondary N) is 2. The van der Waals surface area contributed by atoms with E-state index in [4.69, 9.17) is 14.2 Å². The lowest BCUT2D eigenvalue weighted by Gasteiger charge is -2.43. The quantitative estimate of drug-likeness (QED) is 0.313. The highest BCUT2D eigenvalue weighted by atomic mass is 16.5. The van der Waals surface area contributed by atoms with Crippen molar-refractivity contribution in [2.75, 3.05) is 34.4 Å². The van der Waals surface area contributed by atoms with Gasteiger partial charge in [0.2, 0.25) is 23.6 Å². The molecular formula is C30H36N4O9. The summed E-state index contributed by atoms with van der Waals surface area (Å²) in [6, 6.07) is 11.5. The zero-order valence-corrected chi connectivity index (χ0v) is 24.6. The summed E-state index contributed by atoms with van der Waals surface area (Å²) in [5, 5.41) is 5.38. The highest BCUT2D eigenvalue weighted by molar-refractivity contribution is 6.03. The predicted molar refractivity (Wildman–Crippen MR) is 152 cm³/mol. The molecule has 2 aromatic rings. The van der Waals surface area contributed by atoms with Crippen LogP contribution in [0.2, 0.25) is 0 Å². The van der Waals surface area contributed by atoms with E-state index in [1.807, 2.05) is 31.2 Å². The number of ether oxygens (including phenoxy) is 3. The molecular weight excluding hydrogens is 560 g/mol. The number of methoxy groups -OCH3 is 3. The van der Waals surface area contributed by atoms with Crippen LogP contribution in [0.4, 0.5) is 0 Å². The molecule has 0 saturated carbocycles. The Balaban J connectivity index is 1.79. The Morgan fingerprint density at radius 1 is 0.674 bits per heavy atom. The van der Waals surface area contributed by atoms with Gasteiger partial charge in [-0.3, -0.25) is 28.8 Å². The second kappa shape index (κ2) is 15.3. The van der Waals surface area contributed by atoms with Crippen molar-refractivity contribution in [3.63, 3.8) is 0 Å². The summed E-state index contributed by atoms with van der Waals surface area (Å²) in [6.45, 7) is 1.09. The van der Waals surface area contributed by atoms with E-state index in [-0.39, 0.29) is 13.1 Å². The van der Waals surface area contributed by atoms with Crippen LogP contribution in [0.15, 0.2) is 48.5 Å². The number of carbonyl (C=O) groups excluding carboxylic acids is 6. The SMILES string of the molecule is COC(=O)C[C@H]1C(=O)N(CC(=O)NCc2ccc(OC)cc2)[C@@H](CC(=O)OC)C(=O)N1CC(=O)NCc1ccc(C)cc1. The number of benzene rings is 2. The maximum atomic E-state index is 13.7. The summed E-state index contributed by atoms with van der Waals surface area (Å²) in [5.41, 5.74) is 2.63. The number of nitrogens with zero attached hydrogens (tertiary/aromatic N) is 2. The Hall–Kier alpha value is -4.94. The van der Waals surface area contributed by atoms with E-state index >= 15 is 0 Å². The van der Waals surface area contributed by atoms with Gasteiger partial charge in [-0.25, -0.2) is 0 Å². The van der Waals surface area contributed by atoms with Crippen LogP contribution in [0.3, 0.4) is 0 Å². The Labute approximate surface area is 249 Å². The molecule has 13 heteroatoms. The summed E-state index contributed by atoms with van der Waals surface area (Å²) in [5.74, 6) is -3.72. The lowest BCUT2D eigenvalue weighted by Crippen LogP contribution is -2.67. The van der Waals surface area contributed by atoms with Crippen LogP contribution in [-0.4, -0.2) is 91.9 Å². The number of rotatable bonds is 13. The van der Waals surface area contributed by atoms with E-state index in [9.17, 15) is 28.8 Å². The van der Waals surface area contributed by atoms with Crippen LogP contribution >= 0.6 is 0 Å². The van der Waals surface area contributed by atoms with Gasteiger partial charge in [0.15, 0.2) is 0 Å². The molecule has 1 heterocycles. The topological polar surface area (TPSA) is 161 Å². The van der Waals surface area contributed by atoms with Gasteiger partial charge in [-0.1, -0.05) is 42.0 Å². The molecule has 0 spiro atoms. The van der Waals surface area contributed by atoms with Gasteiger partial charge in [-0.05, 0) is 30.2 Å². The zero-order chi connectivity index (χ0) is 31.5. The summed E-state index contributed by atoms with van der Waals surface area (Å²) in [6.07, 6.45) is -1.11. The number of carbonyl (C=O) groups is 6. The lowest BCUT2D eigenvalue weighted by molar-refractivity contribution is -0.169. The van der Waals surface area contributed by atoms with Crippen molar-refractivity contribution in [3.8, 4) is 5.75 Å². The third-order valence-corrected chi connectivity index (χ3v) is 6.95. The van der Waals surface area contributed by atoms with E-state index in [2.05, 4.69) is 10.6 Å². The minimum atomic E-state index is -1.44. The van der Waals surface area contributed by atoms with E-state index in [0.717, 1.165) is 40.7 Å². The molecule has 43 heavy (non-hydrogen) atoms. The molecule has 0 aliphatic carbocycles. The van der Waals surface area contributed by atoms with Gasteiger partial charge >= 0.3 is 11.9 Å². The highest BCUT2D eigenvalue weighted by Gasteiger charge is 2.48. The Morgan fingerprint density at radius 3 is 1.44 bits per heavy atom. The Morgan fingerprint density at radius 2 is 1.07 bits per heavy atom. The van der Waals surface area contributed by atoms with Gasteiger partial charge in [0.25, 0.3) is 0 Å². The average Bonchev–Trinajstić information content (AvgIpc) is 3.01. The van der Waals surface area contributed by atoms with Crippen molar-refractivity contribution in [2.45, 2.75) is 44.9 Å². The van der Waals surface area contributed by atoms with E-state index in [0.29, 0.717) is 5.75 Å². The maximum Gasteiger partial charge on any atom is 0.308 e. The van der Waals surface area contributed by atoms with Crippen LogP contribution in [-0.2, 0) is 51.3 Å². The second-order valence-corrected chi connectivity index (χ2v) is 9.91. The van der Waals surface area contributed by atoms with Crippen molar-refractivity contribution in [1.29, 1.82) is 0 Å². The summed E-state index contributed by atoms with van der Waals surface area (Å²) in [4.78, 5) is 79.7. The molecule has 0 bridgehead atoms. The minimum Gasteiger partial charge on any atom is -0.497 e. The molecule has 2 aromatic carbocycles. The van der Waals surface area contributed by atoms with Crippen molar-refractivity contribution >= 4 is 35.6 Å². The number of aryl methyl sites for hydroxylation is 1. The molecule has 230 valence electrons. The number of esters is 2. The summed E-state index contributed by atoms with van der Waals surface area (Å²) in [7, 11) is 3.78. The smallest absolute Gasteiger partial charge is 0.308 e. The molecule has 0 unspecified atom stereocenters. The standard InChI is InChI=1S/C30H36N4O9/c1-19-5-7-20(8-6-19)15-31-25(35)17-33-23(13-27(37)42-3)30(40)34(24(29(33)39)14-28(38)43-4)18-26(36)32-16-21-9-11-22(41-2)12-10-21/h5-12,23-24H,13-18H2,1-4H3,(H,31,35)(H,32,36)/t23-,24-/m0/s1. The summed E-state index contributed by atoms with van der Waals surface area (Å²) >= 11 is 0. The first-order valence-electron chi connectivity index (χ1n) is 13.5. The zero-order valence-electron chi connectivity index (χ0n) is 24.6. The molecule has 2 N–H and O–H groups in total. The third-order valence-electron chi connectivity index (χ3n) is 6.95. The fraction of sp³-hybridized carbons (Fsp3) is 0.400. The van der Waals surface area contributed by atoms with Gasteiger partial charge in [-0.15, -0.1) is 0 Å². The van der Waals surface area contributed by atoms with Gasteiger partial charge in [0, 0.05) is 13.1 Å². The predicted octanol–water partition coefficient (Wildman–Crippen LogP) is 0.470. The minimum absolute atomic E-state index is 0.124. The fourth-order valence-corrected chi connectivity index (χ4v) is 4.48. The van der Waals surface area contributed by atoms with Crippen LogP contribution in [0.5, 0.6) is 5.75 Å². The lowest BCUT2D eigenvalue weighted by atomic mass is 9.99. The molecule has 4 amide bonds. The largest absolute Gasteiger partial charge is 0.497 e. The maximum absolute atomic E-state index is 13.7. The molecule has 13 nitrogen and oxygen atoms in total. The van der Waals surface area contributed by atoms with E-state index in [1.54, 1.807) is 24.3 Å². The summed E-state index contributed by atoms with van der Waals surface area (Å²) < 4.78 is 14.6.